The minimum atomic E-state index is -2.40. The third-order valence-electron chi connectivity index (χ3n) is 4.10. The summed E-state index contributed by atoms with van der Waals surface area (Å²) in [7, 11) is -0.690. The van der Waals surface area contributed by atoms with E-state index < -0.39 is 7.51 Å². The van der Waals surface area contributed by atoms with Crippen molar-refractivity contribution in [2.75, 3.05) is 13.7 Å². The van der Waals surface area contributed by atoms with Gasteiger partial charge in [-0.2, -0.15) is 0 Å². The van der Waals surface area contributed by atoms with Crippen LogP contribution in [0.3, 0.4) is 0 Å². The van der Waals surface area contributed by atoms with Gasteiger partial charge in [-0.05, 0) is 47.5 Å². The van der Waals surface area contributed by atoms with Gasteiger partial charge in [0, 0.05) is 13.7 Å². The molecule has 4 nitrogen and oxygen atoms in total. The monoisotopic (exact) mass is 393 g/mol. The second-order valence-corrected chi connectivity index (χ2v) is 8.58. The van der Waals surface area contributed by atoms with Crippen LogP contribution in [0.4, 0.5) is 0 Å². The fraction of sp³-hybridized carbons (Fsp3) is 0.130. The van der Waals surface area contributed by atoms with Crippen molar-refractivity contribution in [2.45, 2.75) is 6.61 Å². The Balaban J connectivity index is 1.60. The highest BCUT2D eigenvalue weighted by Gasteiger charge is 2.17. The Morgan fingerprint density at radius 3 is 1.96 bits per heavy atom. The molecule has 0 fully saturated rings. The standard InChI is InChI=1S/C23H24NO3P/c1-4-19-10-12-20(13-11-19)18-25-21-14-16-23(17-15-21)27-28(3,24-2)26-22-8-6-5-7-9-22/h4-17H,1,18H2,2-3H3. The third kappa shape index (κ3) is 5.51. The SMILES string of the molecule is C=Cc1ccc(COc2ccc(OP(C)(=NC)Oc3ccccc3)cc2)cc1. The molecule has 0 N–H and O–H groups in total. The van der Waals surface area contributed by atoms with Crippen LogP contribution < -0.4 is 13.8 Å². The van der Waals surface area contributed by atoms with Crippen LogP contribution in [-0.2, 0) is 6.61 Å². The fourth-order valence-corrected chi connectivity index (χ4v) is 3.71. The zero-order valence-corrected chi connectivity index (χ0v) is 17.0. The second kappa shape index (κ2) is 9.29. The zero-order valence-electron chi connectivity index (χ0n) is 16.1. The van der Waals surface area contributed by atoms with E-state index in [1.165, 1.54) is 0 Å². The third-order valence-corrected chi connectivity index (χ3v) is 5.93. The van der Waals surface area contributed by atoms with Gasteiger partial charge in [0.2, 0.25) is 0 Å². The summed E-state index contributed by atoms with van der Waals surface area (Å²) in [5, 5.41) is 0. The lowest BCUT2D eigenvalue weighted by atomic mass is 10.1. The summed E-state index contributed by atoms with van der Waals surface area (Å²) in [6, 6.07) is 25.2. The minimum Gasteiger partial charge on any atom is -0.489 e. The summed E-state index contributed by atoms with van der Waals surface area (Å²) >= 11 is 0. The number of rotatable bonds is 8. The van der Waals surface area contributed by atoms with Gasteiger partial charge < -0.3 is 13.8 Å². The Hall–Kier alpha value is -2.97. The van der Waals surface area contributed by atoms with Gasteiger partial charge in [0.15, 0.2) is 0 Å². The Morgan fingerprint density at radius 1 is 0.821 bits per heavy atom. The lowest BCUT2D eigenvalue weighted by molar-refractivity contribution is 0.306. The number of benzene rings is 3. The highest BCUT2D eigenvalue weighted by Crippen LogP contribution is 2.48. The number of nitrogens with zero attached hydrogens (tertiary/aromatic N) is 1. The van der Waals surface area contributed by atoms with Crippen molar-refractivity contribution in [3.63, 3.8) is 0 Å². The van der Waals surface area contributed by atoms with Gasteiger partial charge >= 0.3 is 7.51 Å². The van der Waals surface area contributed by atoms with Crippen LogP contribution >= 0.6 is 7.51 Å². The fourth-order valence-electron chi connectivity index (χ4n) is 2.49. The van der Waals surface area contributed by atoms with Gasteiger partial charge in [0.05, 0.1) is 0 Å². The van der Waals surface area contributed by atoms with Gasteiger partial charge in [-0.25, -0.2) is 4.74 Å². The molecule has 0 aliphatic carbocycles. The second-order valence-electron chi connectivity index (χ2n) is 6.20. The molecule has 0 aliphatic heterocycles. The van der Waals surface area contributed by atoms with Crippen LogP contribution in [-0.4, -0.2) is 13.7 Å². The molecular weight excluding hydrogens is 369 g/mol. The number of ether oxygens (including phenoxy) is 1. The summed E-state index contributed by atoms with van der Waals surface area (Å²) in [6.07, 6.45) is 1.82. The predicted octanol–water partition coefficient (Wildman–Crippen LogP) is 6.66. The van der Waals surface area contributed by atoms with Crippen molar-refractivity contribution in [3.05, 3.63) is 96.6 Å². The molecule has 0 saturated heterocycles. The van der Waals surface area contributed by atoms with E-state index in [0.717, 1.165) is 22.6 Å². The van der Waals surface area contributed by atoms with Crippen LogP contribution in [0.25, 0.3) is 6.08 Å². The van der Waals surface area contributed by atoms with E-state index in [0.29, 0.717) is 12.4 Å². The highest BCUT2D eigenvalue weighted by molar-refractivity contribution is 7.56. The molecule has 3 rings (SSSR count). The molecule has 0 radical (unpaired) electrons. The first-order valence-corrected chi connectivity index (χ1v) is 11.0. The van der Waals surface area contributed by atoms with Crippen LogP contribution in [0.1, 0.15) is 11.1 Å². The maximum Gasteiger partial charge on any atom is 0.310 e. The van der Waals surface area contributed by atoms with E-state index >= 15 is 0 Å². The van der Waals surface area contributed by atoms with Gasteiger partial charge in [-0.15, -0.1) is 0 Å². The van der Waals surface area contributed by atoms with Crippen molar-refractivity contribution < 1.29 is 13.8 Å². The van der Waals surface area contributed by atoms with Crippen molar-refractivity contribution in [1.29, 1.82) is 0 Å². The Labute approximate surface area is 166 Å². The van der Waals surface area contributed by atoms with E-state index in [1.54, 1.807) is 7.05 Å². The molecular formula is C23H24NO3P. The molecule has 1 atom stereocenters. The molecule has 3 aromatic carbocycles. The summed E-state index contributed by atoms with van der Waals surface area (Å²) in [6.45, 7) is 6.15. The Bertz CT molecular complexity index is 951. The molecule has 1 unspecified atom stereocenters. The molecule has 0 bridgehead atoms. The van der Waals surface area contributed by atoms with E-state index in [-0.39, 0.29) is 0 Å². The van der Waals surface area contributed by atoms with E-state index in [1.807, 2.05) is 91.6 Å². The van der Waals surface area contributed by atoms with Gasteiger partial charge in [0.25, 0.3) is 0 Å². The summed E-state index contributed by atoms with van der Waals surface area (Å²) in [4.78, 5) is 0. The lowest BCUT2D eigenvalue weighted by Gasteiger charge is -2.21. The quantitative estimate of drug-likeness (QED) is 0.402. The molecule has 0 heterocycles. The smallest absolute Gasteiger partial charge is 0.310 e. The van der Waals surface area contributed by atoms with Crippen molar-refractivity contribution in [2.24, 2.45) is 4.74 Å². The van der Waals surface area contributed by atoms with Crippen molar-refractivity contribution >= 4 is 13.6 Å². The normalized spacial score (nSPS) is 12.5. The predicted molar refractivity (Wildman–Crippen MR) is 116 cm³/mol. The number of para-hydroxylation sites is 1. The topological polar surface area (TPSA) is 40.0 Å². The summed E-state index contributed by atoms with van der Waals surface area (Å²) < 4.78 is 22.2. The molecule has 0 amide bonds. The van der Waals surface area contributed by atoms with E-state index in [2.05, 4.69) is 11.3 Å². The number of hydrogen-bond donors (Lipinski definition) is 0. The van der Waals surface area contributed by atoms with E-state index in [9.17, 15) is 0 Å². The molecule has 28 heavy (non-hydrogen) atoms. The largest absolute Gasteiger partial charge is 0.489 e. The first kappa shape index (κ1) is 19.8. The average molecular weight is 393 g/mol. The Morgan fingerprint density at radius 2 is 1.39 bits per heavy atom. The first-order valence-electron chi connectivity index (χ1n) is 8.96. The van der Waals surface area contributed by atoms with Gasteiger partial charge in [-0.1, -0.05) is 55.1 Å². The maximum atomic E-state index is 6.06. The lowest BCUT2D eigenvalue weighted by Crippen LogP contribution is -2.00. The van der Waals surface area contributed by atoms with E-state index in [4.69, 9.17) is 13.8 Å². The first-order chi connectivity index (χ1) is 13.6. The van der Waals surface area contributed by atoms with Crippen molar-refractivity contribution in [1.82, 2.24) is 0 Å². The Kier molecular flexibility index (Phi) is 6.57. The summed E-state index contributed by atoms with van der Waals surface area (Å²) in [5.41, 5.74) is 2.20. The zero-order chi connectivity index (χ0) is 19.8. The van der Waals surface area contributed by atoms with Crippen LogP contribution in [0.15, 0.2) is 90.2 Å². The molecule has 3 aromatic rings. The van der Waals surface area contributed by atoms with Crippen LogP contribution in [0.5, 0.6) is 17.2 Å². The molecule has 5 heteroatoms. The molecule has 144 valence electrons. The van der Waals surface area contributed by atoms with Gasteiger partial charge in [0.1, 0.15) is 23.9 Å². The summed E-state index contributed by atoms with van der Waals surface area (Å²) in [5.74, 6) is 2.21. The van der Waals surface area contributed by atoms with Crippen LogP contribution in [0, 0.1) is 0 Å². The highest BCUT2D eigenvalue weighted by atomic mass is 31.2. The maximum absolute atomic E-state index is 6.06. The van der Waals surface area contributed by atoms with Crippen molar-refractivity contribution in [3.8, 4) is 17.2 Å². The van der Waals surface area contributed by atoms with Crippen LogP contribution in [0.2, 0.25) is 0 Å². The minimum absolute atomic E-state index is 0.504. The average Bonchev–Trinajstić information content (AvgIpc) is 2.74. The molecule has 0 aliphatic rings. The van der Waals surface area contributed by atoms with Gasteiger partial charge in [-0.3, -0.25) is 0 Å². The molecule has 0 saturated carbocycles. The molecule has 0 aromatic heterocycles. The molecule has 0 spiro atoms. The number of hydrogen-bond acceptors (Lipinski definition) is 4.